The molecule has 0 bridgehead atoms. The molecule has 1 aliphatic rings. The van der Waals surface area contributed by atoms with E-state index in [9.17, 15) is 14.4 Å². The molecule has 34 heavy (non-hydrogen) atoms. The second-order valence-corrected chi connectivity index (χ2v) is 8.19. The standard InChI is InChI=1S/C24H24N6O4/c1-34-23(32)16-9-11-17(12-10-16)25-20(31)15-29-24(33)30-19-8-4-3-7-18(19)26-21(22(30)27-29)28-13-5-2-6-14-28/h3-4,7-12H,2,5-6,13-15H2,1H3,(H,25,31). The monoisotopic (exact) mass is 460 g/mol. The Balaban J connectivity index is 1.47. The van der Waals surface area contributed by atoms with E-state index in [0.717, 1.165) is 30.6 Å². The van der Waals surface area contributed by atoms with Crippen LogP contribution in [0.1, 0.15) is 29.6 Å². The minimum absolute atomic E-state index is 0.257. The van der Waals surface area contributed by atoms with Gasteiger partial charge in [-0.1, -0.05) is 12.1 Å². The number of aromatic nitrogens is 4. The number of nitrogens with one attached hydrogen (secondary N) is 1. The number of para-hydroxylation sites is 2. The number of carbonyl (C=O) groups excluding carboxylic acids is 2. The van der Waals surface area contributed by atoms with E-state index < -0.39 is 17.6 Å². The highest BCUT2D eigenvalue weighted by atomic mass is 16.5. The van der Waals surface area contributed by atoms with Crippen LogP contribution in [-0.2, 0) is 16.1 Å². The van der Waals surface area contributed by atoms with Gasteiger partial charge in [-0.3, -0.25) is 4.79 Å². The summed E-state index contributed by atoms with van der Waals surface area (Å²) in [5.74, 6) is -0.208. The van der Waals surface area contributed by atoms with Crippen molar-refractivity contribution < 1.29 is 14.3 Å². The predicted molar refractivity (Wildman–Crippen MR) is 127 cm³/mol. The maximum atomic E-state index is 13.3. The third-order valence-electron chi connectivity index (χ3n) is 5.93. The van der Waals surface area contributed by atoms with Crippen molar-refractivity contribution in [2.45, 2.75) is 25.8 Å². The average molecular weight is 460 g/mol. The van der Waals surface area contributed by atoms with Crippen molar-refractivity contribution in [3.63, 3.8) is 0 Å². The topological polar surface area (TPSA) is 111 Å². The number of ether oxygens (including phenoxy) is 1. The summed E-state index contributed by atoms with van der Waals surface area (Å²) in [6, 6.07) is 13.7. The summed E-state index contributed by atoms with van der Waals surface area (Å²) in [5.41, 5.74) is 2.27. The minimum atomic E-state index is -0.459. The van der Waals surface area contributed by atoms with Crippen LogP contribution in [0.25, 0.3) is 16.7 Å². The van der Waals surface area contributed by atoms with Crippen LogP contribution < -0.4 is 15.9 Å². The summed E-state index contributed by atoms with van der Waals surface area (Å²) < 4.78 is 7.37. The van der Waals surface area contributed by atoms with Crippen LogP contribution in [0.15, 0.2) is 53.3 Å². The van der Waals surface area contributed by atoms with Gasteiger partial charge < -0.3 is 15.0 Å². The Morgan fingerprint density at radius 1 is 1.03 bits per heavy atom. The molecule has 0 unspecified atom stereocenters. The van der Waals surface area contributed by atoms with Crippen molar-refractivity contribution >= 4 is 40.1 Å². The first-order valence-electron chi connectivity index (χ1n) is 11.2. The van der Waals surface area contributed by atoms with Crippen LogP contribution in [0, 0.1) is 0 Å². The molecule has 1 saturated heterocycles. The molecule has 0 atom stereocenters. The summed E-state index contributed by atoms with van der Waals surface area (Å²) in [6.07, 6.45) is 3.29. The van der Waals surface area contributed by atoms with Gasteiger partial charge >= 0.3 is 11.7 Å². The van der Waals surface area contributed by atoms with Crippen molar-refractivity contribution in [2.75, 3.05) is 30.4 Å². The number of anilines is 2. The number of methoxy groups -OCH3 is 1. The van der Waals surface area contributed by atoms with E-state index in [-0.39, 0.29) is 6.54 Å². The number of esters is 1. The normalized spacial score (nSPS) is 13.9. The molecular weight excluding hydrogens is 436 g/mol. The van der Waals surface area contributed by atoms with E-state index in [0.29, 0.717) is 33.7 Å². The third kappa shape index (κ3) is 3.98. The highest BCUT2D eigenvalue weighted by molar-refractivity contribution is 5.93. The Kier molecular flexibility index (Phi) is 5.70. The van der Waals surface area contributed by atoms with Crippen molar-refractivity contribution in [1.29, 1.82) is 0 Å². The molecule has 0 saturated carbocycles. The van der Waals surface area contributed by atoms with Crippen molar-refractivity contribution in [3.05, 3.63) is 64.6 Å². The number of amides is 1. The zero-order valence-corrected chi connectivity index (χ0v) is 18.7. The number of piperidine rings is 1. The Labute approximate surface area is 194 Å². The zero-order valence-electron chi connectivity index (χ0n) is 18.7. The van der Waals surface area contributed by atoms with Gasteiger partial charge in [-0.05, 0) is 55.7 Å². The molecule has 0 spiro atoms. The van der Waals surface area contributed by atoms with E-state index in [1.807, 2.05) is 24.3 Å². The van der Waals surface area contributed by atoms with Gasteiger partial charge in [0.15, 0.2) is 5.82 Å². The lowest BCUT2D eigenvalue weighted by atomic mass is 10.1. The van der Waals surface area contributed by atoms with Crippen molar-refractivity contribution in [3.8, 4) is 0 Å². The lowest BCUT2D eigenvalue weighted by Crippen LogP contribution is -2.31. The number of fused-ring (bicyclic) bond motifs is 3. The molecule has 1 amide bonds. The number of nitrogens with zero attached hydrogens (tertiary/aromatic N) is 5. The average Bonchev–Trinajstić information content (AvgIpc) is 3.20. The molecule has 1 N–H and O–H groups in total. The molecular formula is C24H24N6O4. The fraction of sp³-hybridized carbons (Fsp3) is 0.292. The van der Waals surface area contributed by atoms with Crippen molar-refractivity contribution in [2.24, 2.45) is 0 Å². The SMILES string of the molecule is COC(=O)c1ccc(NC(=O)Cn2nc3c(N4CCCCC4)nc4ccccc4n3c2=O)cc1. The maximum absolute atomic E-state index is 13.3. The number of benzene rings is 2. The summed E-state index contributed by atoms with van der Waals surface area (Å²) in [5, 5.41) is 7.24. The number of hydrogen-bond donors (Lipinski definition) is 1. The molecule has 4 aromatic rings. The van der Waals surface area contributed by atoms with E-state index in [1.54, 1.807) is 24.3 Å². The van der Waals surface area contributed by atoms with Crippen LogP contribution >= 0.6 is 0 Å². The van der Waals surface area contributed by atoms with Gasteiger partial charge in [0.25, 0.3) is 0 Å². The third-order valence-corrected chi connectivity index (χ3v) is 5.93. The quantitative estimate of drug-likeness (QED) is 0.456. The molecule has 3 heterocycles. The molecule has 2 aromatic heterocycles. The molecule has 10 heteroatoms. The number of carbonyl (C=O) groups is 2. The van der Waals surface area contributed by atoms with Gasteiger partial charge in [-0.2, -0.15) is 0 Å². The molecule has 0 aliphatic carbocycles. The molecule has 5 rings (SSSR count). The van der Waals surface area contributed by atoms with Crippen molar-refractivity contribution in [1.82, 2.24) is 19.2 Å². The van der Waals surface area contributed by atoms with E-state index in [4.69, 9.17) is 4.98 Å². The second kappa shape index (κ2) is 8.97. The summed E-state index contributed by atoms with van der Waals surface area (Å²) >= 11 is 0. The fourth-order valence-electron chi connectivity index (χ4n) is 4.25. The molecule has 10 nitrogen and oxygen atoms in total. The van der Waals surface area contributed by atoms with E-state index in [1.165, 1.54) is 17.9 Å². The van der Waals surface area contributed by atoms with Crippen LogP contribution in [-0.4, -0.2) is 51.2 Å². The first-order chi connectivity index (χ1) is 16.5. The molecule has 1 fully saturated rings. The Morgan fingerprint density at radius 3 is 2.50 bits per heavy atom. The van der Waals surface area contributed by atoms with Gasteiger partial charge in [-0.15, -0.1) is 5.10 Å². The summed E-state index contributed by atoms with van der Waals surface area (Å²) in [7, 11) is 1.31. The summed E-state index contributed by atoms with van der Waals surface area (Å²) in [6.45, 7) is 1.45. The molecule has 1 aliphatic heterocycles. The van der Waals surface area contributed by atoms with Gasteiger partial charge in [0.1, 0.15) is 6.54 Å². The lowest BCUT2D eigenvalue weighted by Gasteiger charge is -2.27. The zero-order chi connectivity index (χ0) is 23.7. The maximum Gasteiger partial charge on any atom is 0.351 e. The Morgan fingerprint density at radius 2 is 1.76 bits per heavy atom. The highest BCUT2D eigenvalue weighted by Crippen LogP contribution is 2.25. The van der Waals surface area contributed by atoms with E-state index >= 15 is 0 Å². The molecule has 2 aromatic carbocycles. The lowest BCUT2D eigenvalue weighted by molar-refractivity contribution is -0.117. The number of hydrogen-bond acceptors (Lipinski definition) is 7. The van der Waals surface area contributed by atoms with Gasteiger partial charge in [0.2, 0.25) is 11.6 Å². The second-order valence-electron chi connectivity index (χ2n) is 8.19. The minimum Gasteiger partial charge on any atom is -0.465 e. The molecule has 174 valence electrons. The van der Waals surface area contributed by atoms with Crippen LogP contribution in [0.5, 0.6) is 0 Å². The van der Waals surface area contributed by atoms with Gasteiger partial charge in [0.05, 0.1) is 23.7 Å². The smallest absolute Gasteiger partial charge is 0.351 e. The number of rotatable bonds is 5. The first-order valence-corrected chi connectivity index (χ1v) is 11.2. The van der Waals surface area contributed by atoms with Crippen LogP contribution in [0.4, 0.5) is 11.5 Å². The highest BCUT2D eigenvalue weighted by Gasteiger charge is 2.22. The fourth-order valence-corrected chi connectivity index (χ4v) is 4.25. The Bertz CT molecular complexity index is 1430. The Hall–Kier alpha value is -4.21. The van der Waals surface area contributed by atoms with Gasteiger partial charge in [0, 0.05) is 18.8 Å². The first kappa shape index (κ1) is 21.6. The van der Waals surface area contributed by atoms with Crippen LogP contribution in [0.3, 0.4) is 0 Å². The van der Waals surface area contributed by atoms with Gasteiger partial charge in [-0.25, -0.2) is 23.7 Å². The van der Waals surface area contributed by atoms with Crippen LogP contribution in [0.2, 0.25) is 0 Å². The molecule has 0 radical (unpaired) electrons. The predicted octanol–water partition coefficient (Wildman–Crippen LogP) is 2.46. The summed E-state index contributed by atoms with van der Waals surface area (Å²) in [4.78, 5) is 44.5. The van der Waals surface area contributed by atoms with E-state index in [2.05, 4.69) is 20.1 Å². The largest absolute Gasteiger partial charge is 0.465 e.